The van der Waals surface area contributed by atoms with Gasteiger partial charge in [-0.2, -0.15) is 0 Å². The van der Waals surface area contributed by atoms with Crippen LogP contribution < -0.4 is 5.73 Å². The Morgan fingerprint density at radius 2 is 2.09 bits per heavy atom. The van der Waals surface area contributed by atoms with Gasteiger partial charge in [-0.05, 0) is 12.3 Å². The zero-order chi connectivity index (χ0) is 8.85. The first kappa shape index (κ1) is 10.4. The van der Waals surface area contributed by atoms with E-state index in [0.717, 1.165) is 0 Å². The molecule has 0 heterocycles. The standard InChI is InChI=1S/C7H15NO3/c1-5(4-7(10)11)2-3-6(8)9/h5,7,10-11H,2-4H2,1H3,(H2,8,9)/t5-/m0/s1. The second kappa shape index (κ2) is 5.09. The van der Waals surface area contributed by atoms with Crippen molar-refractivity contribution in [1.29, 1.82) is 0 Å². The van der Waals surface area contributed by atoms with Crippen molar-refractivity contribution in [3.05, 3.63) is 0 Å². The molecule has 4 N–H and O–H groups in total. The summed E-state index contributed by atoms with van der Waals surface area (Å²) >= 11 is 0. The summed E-state index contributed by atoms with van der Waals surface area (Å²) in [5, 5.41) is 17.1. The van der Waals surface area contributed by atoms with Crippen molar-refractivity contribution < 1.29 is 15.0 Å². The van der Waals surface area contributed by atoms with Crippen LogP contribution in [0.3, 0.4) is 0 Å². The maximum atomic E-state index is 10.3. The highest BCUT2D eigenvalue weighted by Crippen LogP contribution is 2.10. The van der Waals surface area contributed by atoms with E-state index in [4.69, 9.17) is 15.9 Å². The van der Waals surface area contributed by atoms with Gasteiger partial charge in [0.15, 0.2) is 6.29 Å². The third-order valence-corrected chi connectivity index (χ3v) is 1.50. The molecule has 4 nitrogen and oxygen atoms in total. The molecule has 0 aliphatic carbocycles. The summed E-state index contributed by atoms with van der Waals surface area (Å²) in [6.07, 6.45) is -0.0495. The Morgan fingerprint density at radius 1 is 1.55 bits per heavy atom. The Labute approximate surface area is 66.0 Å². The highest BCUT2D eigenvalue weighted by Gasteiger charge is 2.07. The van der Waals surface area contributed by atoms with Crippen LogP contribution in [0.25, 0.3) is 0 Å². The summed E-state index contributed by atoms with van der Waals surface area (Å²) in [7, 11) is 0. The van der Waals surface area contributed by atoms with E-state index < -0.39 is 6.29 Å². The van der Waals surface area contributed by atoms with E-state index in [-0.39, 0.29) is 11.8 Å². The molecule has 11 heavy (non-hydrogen) atoms. The molecule has 0 spiro atoms. The molecule has 0 saturated carbocycles. The topological polar surface area (TPSA) is 83.6 Å². The van der Waals surface area contributed by atoms with Crippen LogP contribution in [0.4, 0.5) is 0 Å². The summed E-state index contributed by atoms with van der Waals surface area (Å²) in [6.45, 7) is 1.85. The highest BCUT2D eigenvalue weighted by atomic mass is 16.5. The van der Waals surface area contributed by atoms with Gasteiger partial charge in [-0.25, -0.2) is 0 Å². The van der Waals surface area contributed by atoms with E-state index in [1.807, 2.05) is 6.92 Å². The summed E-state index contributed by atoms with van der Waals surface area (Å²) in [5.41, 5.74) is 4.91. The molecule has 1 atom stereocenters. The first-order valence-electron chi connectivity index (χ1n) is 3.66. The number of primary amides is 1. The number of rotatable bonds is 5. The van der Waals surface area contributed by atoms with Crippen LogP contribution in [-0.4, -0.2) is 22.4 Å². The molecule has 0 unspecified atom stereocenters. The third-order valence-electron chi connectivity index (χ3n) is 1.50. The number of aliphatic hydroxyl groups is 2. The number of carbonyl (C=O) groups excluding carboxylic acids is 1. The van der Waals surface area contributed by atoms with Crippen molar-refractivity contribution in [3.8, 4) is 0 Å². The zero-order valence-electron chi connectivity index (χ0n) is 6.66. The van der Waals surface area contributed by atoms with E-state index in [9.17, 15) is 4.79 Å². The van der Waals surface area contributed by atoms with Crippen LogP contribution in [0, 0.1) is 5.92 Å². The molecule has 4 heteroatoms. The van der Waals surface area contributed by atoms with E-state index in [1.54, 1.807) is 0 Å². The molecule has 0 aliphatic heterocycles. The van der Waals surface area contributed by atoms with Gasteiger partial charge in [-0.3, -0.25) is 4.79 Å². The lowest BCUT2D eigenvalue weighted by atomic mass is 10.0. The van der Waals surface area contributed by atoms with Crippen LogP contribution in [0.5, 0.6) is 0 Å². The van der Waals surface area contributed by atoms with E-state index in [1.165, 1.54) is 0 Å². The Balaban J connectivity index is 3.37. The molecule has 0 aromatic rings. The molecular weight excluding hydrogens is 146 g/mol. The highest BCUT2D eigenvalue weighted by molar-refractivity contribution is 5.73. The van der Waals surface area contributed by atoms with Crippen LogP contribution in [0.2, 0.25) is 0 Å². The molecule has 0 aliphatic rings. The molecule has 0 rings (SSSR count). The molecule has 0 saturated heterocycles. The van der Waals surface area contributed by atoms with Gasteiger partial charge in [-0.1, -0.05) is 6.92 Å². The summed E-state index contributed by atoms with van der Waals surface area (Å²) in [4.78, 5) is 10.3. The van der Waals surface area contributed by atoms with Gasteiger partial charge in [0, 0.05) is 12.8 Å². The van der Waals surface area contributed by atoms with Crippen LogP contribution in [0.15, 0.2) is 0 Å². The summed E-state index contributed by atoms with van der Waals surface area (Å²) < 4.78 is 0. The first-order valence-corrected chi connectivity index (χ1v) is 3.66. The molecule has 0 bridgehead atoms. The lowest BCUT2D eigenvalue weighted by molar-refractivity contribution is -0.118. The first-order chi connectivity index (χ1) is 5.02. The lowest BCUT2D eigenvalue weighted by Crippen LogP contribution is -2.15. The normalized spacial score (nSPS) is 13.5. The molecular formula is C7H15NO3. The molecule has 0 radical (unpaired) electrons. The van der Waals surface area contributed by atoms with Gasteiger partial charge in [0.2, 0.25) is 5.91 Å². The van der Waals surface area contributed by atoms with Gasteiger partial charge >= 0.3 is 0 Å². The minimum Gasteiger partial charge on any atom is -0.370 e. The fraction of sp³-hybridized carbons (Fsp3) is 0.857. The molecule has 0 aromatic heterocycles. The van der Waals surface area contributed by atoms with Gasteiger partial charge in [0.25, 0.3) is 0 Å². The van der Waals surface area contributed by atoms with Crippen molar-refractivity contribution in [3.63, 3.8) is 0 Å². The van der Waals surface area contributed by atoms with Gasteiger partial charge in [0.1, 0.15) is 0 Å². The SMILES string of the molecule is C[C@@H](CCC(N)=O)CC(O)O. The van der Waals surface area contributed by atoms with Crippen LogP contribution >= 0.6 is 0 Å². The maximum Gasteiger partial charge on any atom is 0.217 e. The minimum atomic E-state index is -1.28. The van der Waals surface area contributed by atoms with Gasteiger partial charge in [0.05, 0.1) is 0 Å². The quantitative estimate of drug-likeness (QED) is 0.479. The van der Waals surface area contributed by atoms with Crippen LogP contribution in [-0.2, 0) is 4.79 Å². The van der Waals surface area contributed by atoms with Crippen molar-refractivity contribution in [2.24, 2.45) is 11.7 Å². The molecule has 66 valence electrons. The lowest BCUT2D eigenvalue weighted by Gasteiger charge is -2.10. The number of aliphatic hydroxyl groups excluding tert-OH is 1. The number of carbonyl (C=O) groups is 1. The predicted molar refractivity (Wildman–Crippen MR) is 40.4 cm³/mol. The van der Waals surface area contributed by atoms with Crippen molar-refractivity contribution in [2.75, 3.05) is 0 Å². The summed E-state index contributed by atoms with van der Waals surface area (Å²) in [5.74, 6) is -0.216. The average molecular weight is 161 g/mol. The van der Waals surface area contributed by atoms with Crippen molar-refractivity contribution in [2.45, 2.75) is 32.5 Å². The Kier molecular flexibility index (Phi) is 4.81. The Bertz CT molecular complexity index is 125. The monoisotopic (exact) mass is 161 g/mol. The number of hydrogen-bond donors (Lipinski definition) is 3. The second-order valence-corrected chi connectivity index (χ2v) is 2.83. The molecule has 1 amide bonds. The number of hydrogen-bond acceptors (Lipinski definition) is 3. The summed E-state index contributed by atoms with van der Waals surface area (Å²) in [6, 6.07) is 0. The molecule has 0 fully saturated rings. The van der Waals surface area contributed by atoms with E-state index in [0.29, 0.717) is 19.3 Å². The fourth-order valence-electron chi connectivity index (χ4n) is 0.866. The Hall–Kier alpha value is -0.610. The predicted octanol–water partition coefficient (Wildman–Crippen LogP) is -0.411. The fourth-order valence-corrected chi connectivity index (χ4v) is 0.866. The minimum absolute atomic E-state index is 0.127. The molecule has 0 aromatic carbocycles. The van der Waals surface area contributed by atoms with Gasteiger partial charge < -0.3 is 15.9 Å². The largest absolute Gasteiger partial charge is 0.370 e. The Morgan fingerprint density at radius 3 is 2.45 bits per heavy atom. The number of amides is 1. The average Bonchev–Trinajstić information content (AvgIpc) is 1.82. The van der Waals surface area contributed by atoms with Crippen molar-refractivity contribution >= 4 is 5.91 Å². The second-order valence-electron chi connectivity index (χ2n) is 2.83. The zero-order valence-corrected chi connectivity index (χ0v) is 6.66. The maximum absolute atomic E-state index is 10.3. The van der Waals surface area contributed by atoms with E-state index in [2.05, 4.69) is 0 Å². The van der Waals surface area contributed by atoms with Crippen molar-refractivity contribution in [1.82, 2.24) is 0 Å². The smallest absolute Gasteiger partial charge is 0.217 e. The third kappa shape index (κ3) is 7.29. The van der Waals surface area contributed by atoms with Crippen LogP contribution in [0.1, 0.15) is 26.2 Å². The van der Waals surface area contributed by atoms with E-state index >= 15 is 0 Å². The number of nitrogens with two attached hydrogens (primary N) is 1. The van der Waals surface area contributed by atoms with Gasteiger partial charge in [-0.15, -0.1) is 0 Å².